The smallest absolute Gasteiger partial charge is 0.260 e. The zero-order valence-corrected chi connectivity index (χ0v) is 15.8. The van der Waals surface area contributed by atoms with Crippen molar-refractivity contribution in [2.24, 2.45) is 0 Å². The largest absolute Gasteiger partial charge is 0.491 e. The highest BCUT2D eigenvalue weighted by Crippen LogP contribution is 2.30. The van der Waals surface area contributed by atoms with Gasteiger partial charge in [-0.3, -0.25) is 4.79 Å². The van der Waals surface area contributed by atoms with Gasteiger partial charge in [0.15, 0.2) is 5.65 Å². The van der Waals surface area contributed by atoms with E-state index < -0.39 is 0 Å². The molecule has 28 heavy (non-hydrogen) atoms. The summed E-state index contributed by atoms with van der Waals surface area (Å²) in [4.78, 5) is 19.6. The van der Waals surface area contributed by atoms with Gasteiger partial charge in [0.2, 0.25) is 0 Å². The predicted octanol–water partition coefficient (Wildman–Crippen LogP) is 3.79. The van der Waals surface area contributed by atoms with Gasteiger partial charge < -0.3 is 19.0 Å². The normalized spacial score (nSPS) is 12.2. The Bertz CT molecular complexity index is 1130. The fraction of sp³-hybridized carbons (Fsp3) is 0.182. The minimum atomic E-state index is -0.163. The lowest BCUT2D eigenvalue weighted by Crippen LogP contribution is -2.15. The number of methoxy groups -OCH3 is 1. The van der Waals surface area contributed by atoms with E-state index in [0.717, 1.165) is 22.6 Å². The van der Waals surface area contributed by atoms with E-state index in [2.05, 4.69) is 9.97 Å². The maximum absolute atomic E-state index is 12.5. The first-order valence-electron chi connectivity index (χ1n) is 9.07. The molecule has 1 atom stereocenters. The number of aromatic amines is 1. The second-order valence-electron chi connectivity index (χ2n) is 6.56. The summed E-state index contributed by atoms with van der Waals surface area (Å²) in [6.45, 7) is 2.43. The molecule has 0 saturated heterocycles. The van der Waals surface area contributed by atoms with Crippen LogP contribution in [0.25, 0.3) is 27.8 Å². The number of hydrogen-bond acceptors (Lipinski definition) is 4. The van der Waals surface area contributed by atoms with Crippen LogP contribution in [0.3, 0.4) is 0 Å². The number of para-hydroxylation sites is 1. The standard InChI is InChI=1S/C22H21N3O3/c1-15(27-2)13-28-18-10-8-16(9-11-18)19-12-25(17-6-4-3-5-7-17)21-20(19)22(26)24-14-23-21/h3-12,14-15H,13H2,1-2H3,(H,23,24,26)/t15-/m0/s1. The number of ether oxygens (including phenoxy) is 2. The zero-order chi connectivity index (χ0) is 19.5. The molecular weight excluding hydrogens is 354 g/mol. The number of fused-ring (bicyclic) bond motifs is 1. The summed E-state index contributed by atoms with van der Waals surface area (Å²) in [7, 11) is 1.66. The summed E-state index contributed by atoms with van der Waals surface area (Å²) in [5, 5.41) is 0.563. The zero-order valence-electron chi connectivity index (χ0n) is 15.8. The summed E-state index contributed by atoms with van der Waals surface area (Å²) in [6, 6.07) is 17.5. The lowest BCUT2D eigenvalue weighted by molar-refractivity contribution is 0.0717. The van der Waals surface area contributed by atoms with Gasteiger partial charge in [0.25, 0.3) is 5.56 Å². The lowest BCUT2D eigenvalue weighted by Gasteiger charge is -2.11. The highest BCUT2D eigenvalue weighted by atomic mass is 16.5. The molecule has 2 aromatic heterocycles. The van der Waals surface area contributed by atoms with E-state index in [0.29, 0.717) is 17.6 Å². The molecule has 2 heterocycles. The molecule has 0 spiro atoms. The Labute approximate surface area is 162 Å². The van der Waals surface area contributed by atoms with Crippen LogP contribution in [0.1, 0.15) is 6.92 Å². The molecule has 2 aromatic carbocycles. The first kappa shape index (κ1) is 18.0. The van der Waals surface area contributed by atoms with Crippen molar-refractivity contribution in [1.82, 2.24) is 14.5 Å². The summed E-state index contributed by atoms with van der Waals surface area (Å²) < 4.78 is 12.9. The van der Waals surface area contributed by atoms with E-state index in [4.69, 9.17) is 9.47 Å². The number of rotatable bonds is 6. The van der Waals surface area contributed by atoms with Gasteiger partial charge in [0.05, 0.1) is 17.8 Å². The molecule has 6 heteroatoms. The Kier molecular flexibility index (Phi) is 4.95. The molecule has 0 aliphatic carbocycles. The van der Waals surface area contributed by atoms with Crippen LogP contribution in [0.5, 0.6) is 5.75 Å². The Hall–Kier alpha value is -3.38. The summed E-state index contributed by atoms with van der Waals surface area (Å²) in [5.74, 6) is 0.756. The first-order valence-corrected chi connectivity index (χ1v) is 9.07. The van der Waals surface area contributed by atoms with E-state index in [1.807, 2.05) is 72.3 Å². The van der Waals surface area contributed by atoms with Crippen LogP contribution in [0.4, 0.5) is 0 Å². The summed E-state index contributed by atoms with van der Waals surface area (Å²) in [6.07, 6.45) is 3.40. The Morgan fingerprint density at radius 3 is 2.57 bits per heavy atom. The molecule has 0 amide bonds. The highest BCUT2D eigenvalue weighted by molar-refractivity contribution is 5.94. The maximum Gasteiger partial charge on any atom is 0.260 e. The van der Waals surface area contributed by atoms with Crippen molar-refractivity contribution in [1.29, 1.82) is 0 Å². The van der Waals surface area contributed by atoms with Crippen molar-refractivity contribution in [2.45, 2.75) is 13.0 Å². The highest BCUT2D eigenvalue weighted by Gasteiger charge is 2.15. The van der Waals surface area contributed by atoms with Gasteiger partial charge in [-0.25, -0.2) is 4.98 Å². The van der Waals surface area contributed by atoms with Crippen LogP contribution in [0.2, 0.25) is 0 Å². The topological polar surface area (TPSA) is 69.1 Å². The number of benzene rings is 2. The van der Waals surface area contributed by atoms with Gasteiger partial charge in [-0.15, -0.1) is 0 Å². The van der Waals surface area contributed by atoms with Gasteiger partial charge in [0, 0.05) is 24.6 Å². The minimum absolute atomic E-state index is 0.0214. The van der Waals surface area contributed by atoms with Crippen LogP contribution in [-0.2, 0) is 4.74 Å². The SMILES string of the molecule is CO[C@@H](C)COc1ccc(-c2cn(-c3ccccc3)c3nc[nH]c(=O)c23)cc1. The fourth-order valence-corrected chi connectivity index (χ4v) is 3.09. The number of aromatic nitrogens is 3. The summed E-state index contributed by atoms with van der Waals surface area (Å²) in [5.41, 5.74) is 3.16. The molecule has 0 saturated carbocycles. The minimum Gasteiger partial charge on any atom is -0.491 e. The Balaban J connectivity index is 1.76. The van der Waals surface area contributed by atoms with E-state index in [1.54, 1.807) is 7.11 Å². The van der Waals surface area contributed by atoms with Crippen molar-refractivity contribution in [2.75, 3.05) is 13.7 Å². The molecule has 142 valence electrons. The third kappa shape index (κ3) is 3.42. The van der Waals surface area contributed by atoms with Gasteiger partial charge in [-0.1, -0.05) is 30.3 Å². The summed E-state index contributed by atoms with van der Waals surface area (Å²) >= 11 is 0. The quantitative estimate of drug-likeness (QED) is 0.557. The van der Waals surface area contributed by atoms with Gasteiger partial charge in [0.1, 0.15) is 12.4 Å². The Morgan fingerprint density at radius 1 is 1.11 bits per heavy atom. The van der Waals surface area contributed by atoms with Crippen molar-refractivity contribution in [3.63, 3.8) is 0 Å². The predicted molar refractivity (Wildman–Crippen MR) is 109 cm³/mol. The molecule has 6 nitrogen and oxygen atoms in total. The second-order valence-corrected chi connectivity index (χ2v) is 6.56. The molecular formula is C22H21N3O3. The monoisotopic (exact) mass is 375 g/mol. The maximum atomic E-state index is 12.5. The third-order valence-corrected chi connectivity index (χ3v) is 4.68. The fourth-order valence-electron chi connectivity index (χ4n) is 3.09. The average molecular weight is 375 g/mol. The van der Waals surface area contributed by atoms with Gasteiger partial charge >= 0.3 is 0 Å². The number of H-pyrrole nitrogens is 1. The number of nitrogens with zero attached hydrogens (tertiary/aromatic N) is 2. The number of hydrogen-bond donors (Lipinski definition) is 1. The van der Waals surface area contributed by atoms with Crippen molar-refractivity contribution >= 4 is 11.0 Å². The second kappa shape index (κ2) is 7.70. The van der Waals surface area contributed by atoms with Crippen LogP contribution < -0.4 is 10.3 Å². The molecule has 0 aliphatic heterocycles. The van der Waals surface area contributed by atoms with E-state index >= 15 is 0 Å². The Morgan fingerprint density at radius 2 is 1.86 bits per heavy atom. The molecule has 4 rings (SSSR count). The molecule has 0 unspecified atom stereocenters. The number of nitrogens with one attached hydrogen (secondary N) is 1. The van der Waals surface area contributed by atoms with Crippen LogP contribution >= 0.6 is 0 Å². The van der Waals surface area contributed by atoms with Crippen molar-refractivity contribution < 1.29 is 9.47 Å². The van der Waals surface area contributed by atoms with Crippen LogP contribution in [-0.4, -0.2) is 34.4 Å². The van der Waals surface area contributed by atoms with Crippen LogP contribution in [0, 0.1) is 0 Å². The molecule has 4 aromatic rings. The molecule has 0 aliphatic rings. The molecule has 0 bridgehead atoms. The van der Waals surface area contributed by atoms with Crippen LogP contribution in [0.15, 0.2) is 71.9 Å². The van der Waals surface area contributed by atoms with Gasteiger partial charge in [-0.2, -0.15) is 0 Å². The van der Waals surface area contributed by atoms with Crippen molar-refractivity contribution in [3.05, 3.63) is 77.5 Å². The van der Waals surface area contributed by atoms with Gasteiger partial charge in [-0.05, 0) is 36.8 Å². The first-order chi connectivity index (χ1) is 13.7. The average Bonchev–Trinajstić information content (AvgIpc) is 3.14. The lowest BCUT2D eigenvalue weighted by atomic mass is 10.1. The third-order valence-electron chi connectivity index (χ3n) is 4.68. The van der Waals surface area contributed by atoms with E-state index in [9.17, 15) is 4.79 Å². The molecule has 0 fully saturated rings. The molecule has 0 radical (unpaired) electrons. The molecule has 1 N–H and O–H groups in total. The van der Waals surface area contributed by atoms with Crippen molar-refractivity contribution in [3.8, 4) is 22.6 Å². The van der Waals surface area contributed by atoms with E-state index in [-0.39, 0.29) is 11.7 Å². The van der Waals surface area contributed by atoms with E-state index in [1.165, 1.54) is 6.33 Å².